The number of hydrogen-bond donors (Lipinski definition) is 4. The predicted octanol–water partition coefficient (Wildman–Crippen LogP) is 4.04. The van der Waals surface area contributed by atoms with Crippen molar-refractivity contribution in [2.24, 2.45) is 11.8 Å². The molecule has 1 unspecified atom stereocenters. The molecular weight excluding hydrogens is 420 g/mol. The number of aliphatic carboxylic acids is 1. The van der Waals surface area contributed by atoms with E-state index in [9.17, 15) is 20.1 Å². The highest BCUT2D eigenvalue weighted by molar-refractivity contribution is 5.66. The smallest absolute Gasteiger partial charge is 0.303 e. The van der Waals surface area contributed by atoms with Crippen LogP contribution in [0.2, 0.25) is 0 Å². The SMILES string of the molecule is CCCCc1ccc(OCC(C)(O)C=C[C@@H]2[C@@H](CC=C=CCCC(=O)O)[C@@H](O)C[C@H]2O)cc1. The van der Waals surface area contributed by atoms with Crippen LogP contribution in [0.4, 0.5) is 0 Å². The molecule has 2 rings (SSSR count). The number of carboxylic acid groups (broad SMARTS) is 1. The van der Waals surface area contributed by atoms with E-state index < -0.39 is 23.8 Å². The van der Waals surface area contributed by atoms with Gasteiger partial charge in [-0.05, 0) is 68.4 Å². The molecule has 0 bridgehead atoms. The lowest BCUT2D eigenvalue weighted by Crippen LogP contribution is -2.30. The maximum absolute atomic E-state index is 10.7. The van der Waals surface area contributed by atoms with Gasteiger partial charge in [-0.2, -0.15) is 0 Å². The molecular formula is C27H38O6. The van der Waals surface area contributed by atoms with Crippen LogP contribution in [0.1, 0.15) is 57.9 Å². The van der Waals surface area contributed by atoms with Crippen LogP contribution in [-0.2, 0) is 11.2 Å². The number of aryl methyl sites for hydroxylation is 1. The van der Waals surface area contributed by atoms with Crippen molar-refractivity contribution in [3.8, 4) is 5.75 Å². The second kappa shape index (κ2) is 13.4. The van der Waals surface area contributed by atoms with Crippen molar-refractivity contribution in [2.45, 2.75) is 76.6 Å². The van der Waals surface area contributed by atoms with Crippen molar-refractivity contribution < 1.29 is 30.0 Å². The number of aliphatic hydroxyl groups is 3. The molecule has 1 aliphatic carbocycles. The third-order valence-corrected chi connectivity index (χ3v) is 6.00. The third kappa shape index (κ3) is 9.56. The summed E-state index contributed by atoms with van der Waals surface area (Å²) in [5, 5.41) is 40.1. The van der Waals surface area contributed by atoms with Gasteiger partial charge in [-0.3, -0.25) is 4.79 Å². The summed E-state index contributed by atoms with van der Waals surface area (Å²) in [7, 11) is 0. The summed E-state index contributed by atoms with van der Waals surface area (Å²) in [5.74, 6) is -0.670. The average Bonchev–Trinajstić information content (AvgIpc) is 3.04. The van der Waals surface area contributed by atoms with Crippen LogP contribution < -0.4 is 4.74 Å². The molecule has 0 amide bonds. The summed E-state index contributed by atoms with van der Waals surface area (Å²) in [4.78, 5) is 10.5. The van der Waals surface area contributed by atoms with Gasteiger partial charge in [0.15, 0.2) is 0 Å². The number of carboxylic acids is 1. The minimum atomic E-state index is -1.23. The average molecular weight is 459 g/mol. The maximum atomic E-state index is 10.7. The lowest BCUT2D eigenvalue weighted by atomic mass is 9.89. The second-order valence-corrected chi connectivity index (χ2v) is 9.11. The topological polar surface area (TPSA) is 107 Å². The highest BCUT2D eigenvalue weighted by Crippen LogP contribution is 2.36. The highest BCUT2D eigenvalue weighted by Gasteiger charge is 2.39. The summed E-state index contributed by atoms with van der Waals surface area (Å²) in [5.41, 5.74) is 2.98. The fraction of sp³-hybridized carbons (Fsp3) is 0.556. The van der Waals surface area contributed by atoms with E-state index in [1.807, 2.05) is 24.3 Å². The first-order valence-corrected chi connectivity index (χ1v) is 11.8. The summed E-state index contributed by atoms with van der Waals surface area (Å²) in [6, 6.07) is 7.91. The van der Waals surface area contributed by atoms with Crippen molar-refractivity contribution in [1.82, 2.24) is 0 Å². The molecule has 1 saturated carbocycles. The van der Waals surface area contributed by atoms with Gasteiger partial charge in [0.05, 0.1) is 12.2 Å². The molecule has 0 aliphatic heterocycles. The number of unbranched alkanes of at least 4 members (excludes halogenated alkanes) is 1. The van der Waals surface area contributed by atoms with Crippen molar-refractivity contribution >= 4 is 5.97 Å². The molecule has 5 atom stereocenters. The Morgan fingerprint density at radius 2 is 1.94 bits per heavy atom. The van der Waals surface area contributed by atoms with Gasteiger partial charge in [0.1, 0.15) is 18.0 Å². The Labute approximate surface area is 196 Å². The Morgan fingerprint density at radius 1 is 1.21 bits per heavy atom. The molecule has 1 fully saturated rings. The Hall–Kier alpha value is -2.37. The third-order valence-electron chi connectivity index (χ3n) is 6.00. The van der Waals surface area contributed by atoms with E-state index >= 15 is 0 Å². The van der Waals surface area contributed by atoms with Gasteiger partial charge in [0, 0.05) is 18.8 Å². The number of benzene rings is 1. The molecule has 1 aromatic carbocycles. The lowest BCUT2D eigenvalue weighted by Gasteiger charge is -2.23. The Bertz CT molecular complexity index is 820. The molecule has 0 aromatic heterocycles. The van der Waals surface area contributed by atoms with Gasteiger partial charge in [0.25, 0.3) is 0 Å². The number of allylic oxidation sites excluding steroid dienone is 1. The molecule has 6 nitrogen and oxygen atoms in total. The van der Waals surface area contributed by atoms with Crippen LogP contribution in [0.25, 0.3) is 0 Å². The number of carbonyl (C=O) groups is 1. The normalized spacial score (nSPS) is 24.3. The quantitative estimate of drug-likeness (QED) is 0.263. The minimum absolute atomic E-state index is 0.0527. The molecule has 0 radical (unpaired) electrons. The molecule has 1 aromatic rings. The summed E-state index contributed by atoms with van der Waals surface area (Å²) in [6.45, 7) is 3.89. The monoisotopic (exact) mass is 458 g/mol. The van der Waals surface area contributed by atoms with Crippen LogP contribution in [-0.4, -0.2) is 50.8 Å². The van der Waals surface area contributed by atoms with E-state index in [1.165, 1.54) is 5.56 Å². The largest absolute Gasteiger partial charge is 0.490 e. The van der Waals surface area contributed by atoms with E-state index in [2.05, 4.69) is 12.7 Å². The molecule has 182 valence electrons. The van der Waals surface area contributed by atoms with Crippen molar-refractivity contribution in [2.75, 3.05) is 6.61 Å². The van der Waals surface area contributed by atoms with Crippen molar-refractivity contribution in [1.29, 1.82) is 0 Å². The maximum Gasteiger partial charge on any atom is 0.303 e. The van der Waals surface area contributed by atoms with Crippen LogP contribution in [0.15, 0.2) is 54.3 Å². The van der Waals surface area contributed by atoms with E-state index in [1.54, 1.807) is 31.2 Å². The summed E-state index contributed by atoms with van der Waals surface area (Å²) < 4.78 is 5.76. The lowest BCUT2D eigenvalue weighted by molar-refractivity contribution is -0.136. The molecule has 4 N–H and O–H groups in total. The number of hydrogen-bond acceptors (Lipinski definition) is 5. The minimum Gasteiger partial charge on any atom is -0.490 e. The fourth-order valence-corrected chi connectivity index (χ4v) is 4.00. The molecule has 6 heteroatoms. The Balaban J connectivity index is 1.91. The predicted molar refractivity (Wildman–Crippen MR) is 128 cm³/mol. The number of aliphatic hydroxyl groups excluding tert-OH is 2. The van der Waals surface area contributed by atoms with Gasteiger partial charge in [-0.1, -0.05) is 37.6 Å². The van der Waals surface area contributed by atoms with Gasteiger partial charge in [-0.25, -0.2) is 0 Å². The van der Waals surface area contributed by atoms with Crippen LogP contribution in [0.3, 0.4) is 0 Å². The standard InChI is InChI=1S/C27H38O6/c1-3-4-9-20-12-14-21(15-13-20)33-19-27(2,32)17-16-23-22(24(28)18-25(23)29)10-7-5-6-8-11-26(30)31/h6-7,12-17,22-25,28-29,32H,3-4,8-11,18-19H2,1-2H3,(H,30,31)/t5?,22-,23-,24+,25-,27?/m1/s1. The summed E-state index contributed by atoms with van der Waals surface area (Å²) in [6.07, 6.45) is 10.1. The van der Waals surface area contributed by atoms with E-state index in [0.29, 0.717) is 18.6 Å². The molecule has 1 aliphatic rings. The zero-order valence-electron chi connectivity index (χ0n) is 19.7. The van der Waals surface area contributed by atoms with E-state index in [0.717, 1.165) is 19.3 Å². The first kappa shape index (κ1) is 26.9. The Kier molecular flexibility index (Phi) is 10.9. The van der Waals surface area contributed by atoms with Gasteiger partial charge >= 0.3 is 5.97 Å². The second-order valence-electron chi connectivity index (χ2n) is 9.11. The molecule has 0 saturated heterocycles. The number of ether oxygens (including phenoxy) is 1. The highest BCUT2D eigenvalue weighted by atomic mass is 16.5. The van der Waals surface area contributed by atoms with Gasteiger partial charge < -0.3 is 25.2 Å². The summed E-state index contributed by atoms with van der Waals surface area (Å²) >= 11 is 0. The fourth-order valence-electron chi connectivity index (χ4n) is 4.00. The van der Waals surface area contributed by atoms with Crippen molar-refractivity contribution in [3.05, 3.63) is 59.9 Å². The van der Waals surface area contributed by atoms with Crippen LogP contribution in [0.5, 0.6) is 5.75 Å². The molecule has 0 spiro atoms. The zero-order chi connectivity index (χ0) is 24.3. The van der Waals surface area contributed by atoms with Gasteiger partial charge in [0.2, 0.25) is 0 Å². The zero-order valence-corrected chi connectivity index (χ0v) is 19.7. The first-order valence-electron chi connectivity index (χ1n) is 11.8. The first-order chi connectivity index (χ1) is 15.7. The number of rotatable bonds is 13. The van der Waals surface area contributed by atoms with Crippen LogP contribution >= 0.6 is 0 Å². The molecule has 0 heterocycles. The van der Waals surface area contributed by atoms with E-state index in [-0.39, 0.29) is 31.3 Å². The van der Waals surface area contributed by atoms with E-state index in [4.69, 9.17) is 9.84 Å². The van der Waals surface area contributed by atoms with Gasteiger partial charge in [-0.15, -0.1) is 5.73 Å². The Morgan fingerprint density at radius 3 is 2.61 bits per heavy atom. The van der Waals surface area contributed by atoms with Crippen LogP contribution in [0, 0.1) is 11.8 Å². The van der Waals surface area contributed by atoms with Crippen molar-refractivity contribution in [3.63, 3.8) is 0 Å². The molecule has 33 heavy (non-hydrogen) atoms.